The number of thiophene rings is 1. The summed E-state index contributed by atoms with van der Waals surface area (Å²) in [5, 5.41) is 1.98. The average molecular weight is 413 g/mol. The lowest BCUT2D eigenvalue weighted by Crippen LogP contribution is -2.16. The Morgan fingerprint density at radius 2 is 2.00 bits per heavy atom. The Morgan fingerprint density at radius 3 is 2.62 bits per heavy atom. The molecule has 0 unspecified atom stereocenters. The lowest BCUT2D eigenvalue weighted by molar-refractivity contribution is -0.144. The summed E-state index contributed by atoms with van der Waals surface area (Å²) >= 11 is 4.88. The van der Waals surface area contributed by atoms with Crippen LogP contribution in [-0.4, -0.2) is 31.3 Å². The molecule has 6 heteroatoms. The van der Waals surface area contributed by atoms with Crippen molar-refractivity contribution < 1.29 is 19.1 Å². The molecule has 0 aliphatic carbocycles. The molecule has 130 valence electrons. The summed E-state index contributed by atoms with van der Waals surface area (Å²) < 4.78 is 11.2. The molecule has 0 amide bonds. The highest BCUT2D eigenvalue weighted by Gasteiger charge is 2.20. The number of Topliss-reactive ketones (excluding diaryl/α,β-unsaturated/α-hetero) is 1. The van der Waals surface area contributed by atoms with Crippen molar-refractivity contribution in [1.82, 2.24) is 0 Å². The van der Waals surface area contributed by atoms with Gasteiger partial charge in [-0.05, 0) is 42.0 Å². The van der Waals surface area contributed by atoms with Gasteiger partial charge in [-0.1, -0.05) is 22.9 Å². The maximum atomic E-state index is 12.4. The van der Waals surface area contributed by atoms with Crippen molar-refractivity contribution in [2.24, 2.45) is 5.92 Å². The van der Waals surface area contributed by atoms with Crippen LogP contribution in [0.5, 0.6) is 5.75 Å². The number of carbonyl (C=O) groups is 2. The van der Waals surface area contributed by atoms with Crippen LogP contribution in [0.4, 0.5) is 0 Å². The third-order valence-corrected chi connectivity index (χ3v) is 5.57. The van der Waals surface area contributed by atoms with Crippen LogP contribution in [0.25, 0.3) is 10.1 Å². The number of methoxy groups -OCH3 is 2. The van der Waals surface area contributed by atoms with Crippen LogP contribution < -0.4 is 4.74 Å². The van der Waals surface area contributed by atoms with Gasteiger partial charge in [0.1, 0.15) is 5.75 Å². The summed E-state index contributed by atoms with van der Waals surface area (Å²) in [5.74, 6) is 0.0298. The van der Waals surface area contributed by atoms with Gasteiger partial charge in [0.25, 0.3) is 0 Å². The van der Waals surface area contributed by atoms with Crippen molar-refractivity contribution in [3.05, 3.63) is 28.6 Å². The predicted octanol–water partition coefficient (Wildman–Crippen LogP) is 4.62. The molecule has 2 aromatic rings. The standard InChI is InChI=1S/C18H21BrO4S/c1-11(18(21)23-3)7-14(20)17-9-13-8-12(5-4-6-19)15(22-2)10-16(13)24-17/h8-11H,4-7H2,1-3H3/t11-/m1/s1. The molecular formula is C18H21BrO4S. The molecule has 0 spiro atoms. The summed E-state index contributed by atoms with van der Waals surface area (Å²) in [6, 6.07) is 5.99. The summed E-state index contributed by atoms with van der Waals surface area (Å²) in [7, 11) is 3.00. The van der Waals surface area contributed by atoms with Gasteiger partial charge in [0, 0.05) is 16.5 Å². The first kappa shape index (κ1) is 18.9. The lowest BCUT2D eigenvalue weighted by atomic mass is 10.0. The van der Waals surface area contributed by atoms with Crippen LogP contribution in [0, 0.1) is 5.92 Å². The molecule has 0 aliphatic heterocycles. The first-order valence-corrected chi connectivity index (χ1v) is 9.71. The van der Waals surface area contributed by atoms with Gasteiger partial charge in [0.15, 0.2) is 5.78 Å². The Labute approximate surface area is 154 Å². The molecule has 1 aromatic heterocycles. The third-order valence-electron chi connectivity index (χ3n) is 3.87. The number of aryl methyl sites for hydroxylation is 1. The normalized spacial score (nSPS) is 12.2. The second-order valence-corrected chi connectivity index (χ2v) is 7.53. The van der Waals surface area contributed by atoms with E-state index in [4.69, 9.17) is 4.74 Å². The second-order valence-electron chi connectivity index (χ2n) is 5.66. The largest absolute Gasteiger partial charge is 0.496 e. The van der Waals surface area contributed by atoms with Crippen molar-refractivity contribution in [3.8, 4) is 5.75 Å². The van der Waals surface area contributed by atoms with E-state index in [1.54, 1.807) is 14.0 Å². The number of fused-ring (bicyclic) bond motifs is 1. The Balaban J connectivity index is 2.26. The van der Waals surface area contributed by atoms with Crippen LogP contribution in [0.1, 0.15) is 35.0 Å². The molecular weight excluding hydrogens is 392 g/mol. The van der Waals surface area contributed by atoms with E-state index < -0.39 is 5.92 Å². The first-order chi connectivity index (χ1) is 11.5. The van der Waals surface area contributed by atoms with Gasteiger partial charge in [0.2, 0.25) is 0 Å². The van der Waals surface area contributed by atoms with E-state index in [1.807, 2.05) is 12.1 Å². The van der Waals surface area contributed by atoms with E-state index in [0.29, 0.717) is 4.88 Å². The van der Waals surface area contributed by atoms with Crippen LogP contribution in [0.3, 0.4) is 0 Å². The number of hydrogen-bond acceptors (Lipinski definition) is 5. The molecule has 0 N–H and O–H groups in total. The van der Waals surface area contributed by atoms with Crippen molar-refractivity contribution in [2.45, 2.75) is 26.2 Å². The number of rotatable bonds is 8. The zero-order valence-corrected chi connectivity index (χ0v) is 16.5. The molecule has 0 aliphatic rings. The average Bonchev–Trinajstić information content (AvgIpc) is 3.00. The van der Waals surface area contributed by atoms with Gasteiger partial charge in [-0.25, -0.2) is 0 Å². The molecule has 0 bridgehead atoms. The molecule has 1 heterocycles. The molecule has 0 radical (unpaired) electrons. The minimum Gasteiger partial charge on any atom is -0.496 e. The number of benzene rings is 1. The quantitative estimate of drug-likeness (QED) is 0.360. The Hall–Kier alpha value is -1.40. The number of ketones is 1. The highest BCUT2D eigenvalue weighted by molar-refractivity contribution is 9.09. The number of hydrogen-bond donors (Lipinski definition) is 0. The first-order valence-electron chi connectivity index (χ1n) is 7.77. The highest BCUT2D eigenvalue weighted by atomic mass is 79.9. The van der Waals surface area contributed by atoms with Crippen molar-refractivity contribution in [1.29, 1.82) is 0 Å². The van der Waals surface area contributed by atoms with Gasteiger partial charge in [-0.3, -0.25) is 9.59 Å². The number of alkyl halides is 1. The van der Waals surface area contributed by atoms with E-state index in [1.165, 1.54) is 18.4 Å². The fraction of sp³-hybridized carbons (Fsp3) is 0.444. The fourth-order valence-electron chi connectivity index (χ4n) is 2.56. The monoisotopic (exact) mass is 412 g/mol. The topological polar surface area (TPSA) is 52.6 Å². The third kappa shape index (κ3) is 4.36. The van der Waals surface area contributed by atoms with Crippen molar-refractivity contribution in [3.63, 3.8) is 0 Å². The molecule has 4 nitrogen and oxygen atoms in total. The zero-order chi connectivity index (χ0) is 17.7. The lowest BCUT2D eigenvalue weighted by Gasteiger charge is -2.07. The van der Waals surface area contributed by atoms with Crippen LogP contribution in [0.15, 0.2) is 18.2 Å². The molecule has 24 heavy (non-hydrogen) atoms. The maximum absolute atomic E-state index is 12.4. The van der Waals surface area contributed by atoms with Gasteiger partial charge in [-0.2, -0.15) is 0 Å². The van der Waals surface area contributed by atoms with Gasteiger partial charge in [-0.15, -0.1) is 11.3 Å². The number of halogens is 1. The van der Waals surface area contributed by atoms with Gasteiger partial charge in [0.05, 0.1) is 25.0 Å². The Morgan fingerprint density at radius 1 is 1.25 bits per heavy atom. The minimum absolute atomic E-state index is 0.0323. The molecule has 2 rings (SSSR count). The predicted molar refractivity (Wildman–Crippen MR) is 101 cm³/mol. The van der Waals surface area contributed by atoms with E-state index in [-0.39, 0.29) is 18.2 Å². The Kier molecular flexibility index (Phi) is 6.80. The maximum Gasteiger partial charge on any atom is 0.308 e. The SMILES string of the molecule is COC(=O)[C@H](C)CC(=O)c1cc2cc(CCCBr)c(OC)cc2s1. The molecule has 0 saturated carbocycles. The Bertz CT molecular complexity index is 738. The summed E-state index contributed by atoms with van der Waals surface area (Å²) in [5.41, 5.74) is 1.14. The van der Waals surface area contributed by atoms with E-state index in [2.05, 4.69) is 26.7 Å². The van der Waals surface area contributed by atoms with E-state index in [0.717, 1.165) is 39.6 Å². The number of carbonyl (C=O) groups excluding carboxylic acids is 2. The van der Waals surface area contributed by atoms with Crippen LogP contribution in [0.2, 0.25) is 0 Å². The molecule has 0 fully saturated rings. The smallest absolute Gasteiger partial charge is 0.308 e. The molecule has 1 aromatic carbocycles. The number of esters is 1. The van der Waals surface area contributed by atoms with Crippen LogP contribution in [-0.2, 0) is 16.0 Å². The summed E-state index contributed by atoms with van der Waals surface area (Å²) in [4.78, 5) is 24.6. The van der Waals surface area contributed by atoms with Gasteiger partial charge < -0.3 is 9.47 Å². The number of ether oxygens (including phenoxy) is 2. The van der Waals surface area contributed by atoms with E-state index in [9.17, 15) is 9.59 Å². The van der Waals surface area contributed by atoms with Crippen molar-refractivity contribution in [2.75, 3.05) is 19.5 Å². The summed E-state index contributed by atoms with van der Waals surface area (Å²) in [6.45, 7) is 1.71. The molecule has 0 saturated heterocycles. The molecule has 1 atom stereocenters. The van der Waals surface area contributed by atoms with Crippen LogP contribution >= 0.6 is 27.3 Å². The van der Waals surface area contributed by atoms with Crippen molar-refractivity contribution >= 4 is 49.1 Å². The highest BCUT2D eigenvalue weighted by Crippen LogP contribution is 2.33. The minimum atomic E-state index is -0.434. The van der Waals surface area contributed by atoms with Gasteiger partial charge >= 0.3 is 5.97 Å². The zero-order valence-electron chi connectivity index (χ0n) is 14.1. The van der Waals surface area contributed by atoms with E-state index >= 15 is 0 Å². The summed E-state index contributed by atoms with van der Waals surface area (Å²) in [6.07, 6.45) is 2.10. The second kappa shape index (κ2) is 8.62. The fourth-order valence-corrected chi connectivity index (χ4v) is 3.86.